The first kappa shape index (κ1) is 11.7. The van der Waals surface area contributed by atoms with Crippen LogP contribution in [0.4, 0.5) is 13.2 Å². The van der Waals surface area contributed by atoms with Gasteiger partial charge in [0.25, 0.3) is 0 Å². The minimum absolute atomic E-state index is 0.253. The van der Waals surface area contributed by atoms with Crippen LogP contribution in [-0.2, 0) is 6.18 Å². The maximum atomic E-state index is 12.7. The van der Waals surface area contributed by atoms with Crippen LogP contribution in [0.25, 0.3) is 0 Å². The minimum Gasteiger partial charge on any atom is -0.472 e. The summed E-state index contributed by atoms with van der Waals surface area (Å²) in [5.74, 6) is 0. The molecule has 0 aliphatic heterocycles. The van der Waals surface area contributed by atoms with E-state index in [1.54, 1.807) is 0 Å². The van der Waals surface area contributed by atoms with Gasteiger partial charge in [-0.1, -0.05) is 0 Å². The van der Waals surface area contributed by atoms with Crippen LogP contribution in [-0.4, -0.2) is 10.1 Å². The topological polar surface area (TPSA) is 46.3 Å². The summed E-state index contributed by atoms with van der Waals surface area (Å²) in [6.07, 6.45) is -1.42. The molecule has 0 amide bonds. The number of aliphatic hydroxyl groups excluding tert-OH is 1. The van der Waals surface area contributed by atoms with Crippen molar-refractivity contribution in [2.45, 2.75) is 12.3 Å². The van der Waals surface area contributed by atoms with Gasteiger partial charge in [-0.2, -0.15) is 13.2 Å². The van der Waals surface area contributed by atoms with Gasteiger partial charge in [0.15, 0.2) is 0 Å². The van der Waals surface area contributed by atoms with Gasteiger partial charge in [0.1, 0.15) is 6.10 Å². The lowest BCUT2D eigenvalue weighted by Crippen LogP contribution is -2.12. The van der Waals surface area contributed by atoms with E-state index >= 15 is 0 Å². The van der Waals surface area contributed by atoms with E-state index in [0.717, 1.165) is 18.5 Å². The molecule has 2 aromatic rings. The lowest BCUT2D eigenvalue weighted by Gasteiger charge is -2.15. The van der Waals surface area contributed by atoms with E-state index < -0.39 is 17.8 Å². The van der Waals surface area contributed by atoms with Crippen LogP contribution in [0, 0.1) is 0 Å². The van der Waals surface area contributed by atoms with Crippen molar-refractivity contribution >= 4 is 0 Å². The molecule has 0 bridgehead atoms. The van der Waals surface area contributed by atoms with E-state index in [4.69, 9.17) is 4.42 Å². The fourth-order valence-electron chi connectivity index (χ4n) is 1.49. The molecule has 1 atom stereocenters. The van der Waals surface area contributed by atoms with Gasteiger partial charge >= 0.3 is 6.18 Å². The van der Waals surface area contributed by atoms with Gasteiger partial charge in [0.2, 0.25) is 0 Å². The van der Waals surface area contributed by atoms with E-state index in [1.807, 2.05) is 0 Å². The first-order chi connectivity index (χ1) is 8.00. The third-order valence-corrected chi connectivity index (χ3v) is 2.31. The zero-order valence-electron chi connectivity index (χ0n) is 8.48. The lowest BCUT2D eigenvalue weighted by atomic mass is 10.0. The summed E-state index contributed by atoms with van der Waals surface area (Å²) in [5.41, 5.74) is -0.939. The second kappa shape index (κ2) is 4.21. The molecule has 17 heavy (non-hydrogen) atoms. The first-order valence-electron chi connectivity index (χ1n) is 4.71. The number of alkyl halides is 3. The summed E-state index contributed by atoms with van der Waals surface area (Å²) in [5, 5.41) is 9.82. The van der Waals surface area contributed by atoms with E-state index in [2.05, 4.69) is 4.98 Å². The van der Waals surface area contributed by atoms with Crippen LogP contribution in [0.1, 0.15) is 22.8 Å². The smallest absolute Gasteiger partial charge is 0.416 e. The molecule has 1 N–H and O–H groups in total. The Kier molecular flexibility index (Phi) is 2.89. The standard InChI is InChI=1S/C11H8F3NO2/c12-11(13,14)9-1-3-15-5-8(9)10(16)7-2-4-17-6-7/h1-6,10,16H. The Balaban J connectivity index is 2.46. The maximum absolute atomic E-state index is 12.7. The van der Waals surface area contributed by atoms with Crippen molar-refractivity contribution in [3.8, 4) is 0 Å². The number of halogens is 3. The lowest BCUT2D eigenvalue weighted by molar-refractivity contribution is -0.139. The van der Waals surface area contributed by atoms with Crippen molar-refractivity contribution < 1.29 is 22.7 Å². The molecular formula is C11H8F3NO2. The summed E-state index contributed by atoms with van der Waals surface area (Å²) in [6.45, 7) is 0. The third kappa shape index (κ3) is 2.31. The molecule has 0 aromatic carbocycles. The predicted octanol–water partition coefficient (Wildman–Crippen LogP) is 2.78. The van der Waals surface area contributed by atoms with Crippen molar-refractivity contribution in [2.75, 3.05) is 0 Å². The number of nitrogens with zero attached hydrogens (tertiary/aromatic N) is 1. The van der Waals surface area contributed by atoms with Crippen LogP contribution < -0.4 is 0 Å². The van der Waals surface area contributed by atoms with Crippen LogP contribution in [0.15, 0.2) is 41.5 Å². The molecule has 2 rings (SSSR count). The molecule has 0 aliphatic rings. The molecule has 0 fully saturated rings. The summed E-state index contributed by atoms with van der Waals surface area (Å²) in [4.78, 5) is 3.60. The molecule has 1 unspecified atom stereocenters. The molecule has 2 heterocycles. The van der Waals surface area contributed by atoms with E-state index in [9.17, 15) is 18.3 Å². The number of aliphatic hydroxyl groups is 1. The Bertz CT molecular complexity index is 494. The van der Waals surface area contributed by atoms with Gasteiger partial charge < -0.3 is 9.52 Å². The molecule has 3 nitrogen and oxygen atoms in total. The molecule has 0 aliphatic carbocycles. The zero-order chi connectivity index (χ0) is 12.5. The Morgan fingerprint density at radius 3 is 2.65 bits per heavy atom. The summed E-state index contributed by atoms with van der Waals surface area (Å²) >= 11 is 0. The van der Waals surface area contributed by atoms with Crippen molar-refractivity contribution in [3.05, 3.63) is 53.7 Å². The molecule has 0 spiro atoms. The Morgan fingerprint density at radius 2 is 2.06 bits per heavy atom. The monoisotopic (exact) mass is 243 g/mol. The summed E-state index contributed by atoms with van der Waals surface area (Å²) in [6, 6.07) is 2.23. The number of hydrogen-bond acceptors (Lipinski definition) is 3. The quantitative estimate of drug-likeness (QED) is 0.882. The molecule has 2 aromatic heterocycles. The van der Waals surface area contributed by atoms with Crippen LogP contribution in [0.2, 0.25) is 0 Å². The van der Waals surface area contributed by atoms with E-state index in [-0.39, 0.29) is 11.1 Å². The van der Waals surface area contributed by atoms with Crippen LogP contribution in [0.3, 0.4) is 0 Å². The minimum atomic E-state index is -4.52. The van der Waals surface area contributed by atoms with Gasteiger partial charge in [-0.3, -0.25) is 4.98 Å². The normalized spacial score (nSPS) is 13.6. The average Bonchev–Trinajstić information content (AvgIpc) is 2.80. The van der Waals surface area contributed by atoms with Crippen LogP contribution >= 0.6 is 0 Å². The molecular weight excluding hydrogens is 235 g/mol. The fourth-order valence-corrected chi connectivity index (χ4v) is 1.49. The Morgan fingerprint density at radius 1 is 1.29 bits per heavy atom. The second-order valence-corrected chi connectivity index (χ2v) is 3.42. The van der Waals surface area contributed by atoms with Gasteiger partial charge in [0, 0.05) is 23.5 Å². The van der Waals surface area contributed by atoms with Crippen molar-refractivity contribution in [1.82, 2.24) is 4.98 Å². The SMILES string of the molecule is OC(c1ccoc1)c1cnccc1C(F)(F)F. The predicted molar refractivity (Wildman–Crippen MR) is 52.0 cm³/mol. The molecule has 0 saturated carbocycles. The number of rotatable bonds is 2. The fraction of sp³-hybridized carbons (Fsp3) is 0.182. The largest absolute Gasteiger partial charge is 0.472 e. The molecule has 90 valence electrons. The highest BCUT2D eigenvalue weighted by Crippen LogP contribution is 2.35. The molecule has 0 radical (unpaired) electrons. The van der Waals surface area contributed by atoms with Crippen molar-refractivity contribution in [1.29, 1.82) is 0 Å². The average molecular weight is 243 g/mol. The number of hydrogen-bond donors (Lipinski definition) is 1. The molecule has 0 saturated heterocycles. The van der Waals surface area contributed by atoms with Crippen molar-refractivity contribution in [2.24, 2.45) is 0 Å². The summed E-state index contributed by atoms with van der Waals surface area (Å²) < 4.78 is 42.8. The van der Waals surface area contributed by atoms with E-state index in [0.29, 0.717) is 0 Å². The summed E-state index contributed by atoms with van der Waals surface area (Å²) in [7, 11) is 0. The maximum Gasteiger partial charge on any atom is 0.416 e. The number of pyridine rings is 1. The first-order valence-corrected chi connectivity index (χ1v) is 4.71. The second-order valence-electron chi connectivity index (χ2n) is 3.42. The molecule has 6 heteroatoms. The van der Waals surface area contributed by atoms with Gasteiger partial charge in [-0.15, -0.1) is 0 Å². The van der Waals surface area contributed by atoms with Gasteiger partial charge in [-0.05, 0) is 12.1 Å². The van der Waals surface area contributed by atoms with Gasteiger partial charge in [0.05, 0.1) is 18.1 Å². The highest BCUT2D eigenvalue weighted by molar-refractivity contribution is 5.33. The highest BCUT2D eigenvalue weighted by atomic mass is 19.4. The van der Waals surface area contributed by atoms with Crippen LogP contribution in [0.5, 0.6) is 0 Å². The Hall–Kier alpha value is -1.82. The zero-order valence-corrected chi connectivity index (χ0v) is 8.48. The van der Waals surface area contributed by atoms with Crippen molar-refractivity contribution in [3.63, 3.8) is 0 Å². The third-order valence-electron chi connectivity index (χ3n) is 2.31. The van der Waals surface area contributed by atoms with Gasteiger partial charge in [-0.25, -0.2) is 0 Å². The Labute approximate surface area is 94.5 Å². The van der Waals surface area contributed by atoms with E-state index in [1.165, 1.54) is 18.6 Å². The highest BCUT2D eigenvalue weighted by Gasteiger charge is 2.35. The number of furan rings is 1. The number of aromatic nitrogens is 1.